The number of pyridine rings is 1. The van der Waals surface area contributed by atoms with Crippen molar-refractivity contribution >= 4 is 38.9 Å². The van der Waals surface area contributed by atoms with E-state index in [1.807, 2.05) is 30.3 Å². The molecular formula is C25H22FN7O4S. The standard InChI is InChI=1S/C25H22FN7O4S/c26-17-9-16(17)25(35)32-20-8-14(6-7-28-20)23-24(30-15-4-2-1-3-5-15)22-18(31-23)11-33(12-19(22)34)38(36,37)21-10-27-13-29-21/h1-8,10,13,16-17,30-31H,9,11-12H2,(H,27,29)(H,28,32,35)/t16-,17+/m0/s1. The lowest BCUT2D eigenvalue weighted by Gasteiger charge is -2.25. The summed E-state index contributed by atoms with van der Waals surface area (Å²) in [7, 11) is -3.98. The second-order valence-electron chi connectivity index (χ2n) is 9.11. The van der Waals surface area contributed by atoms with E-state index in [4.69, 9.17) is 0 Å². The fourth-order valence-corrected chi connectivity index (χ4v) is 5.72. The summed E-state index contributed by atoms with van der Waals surface area (Å²) in [5, 5.41) is 5.82. The van der Waals surface area contributed by atoms with Crippen molar-refractivity contribution in [3.8, 4) is 11.3 Å². The average Bonchev–Trinajstić information content (AvgIpc) is 3.28. The number of nitrogens with one attached hydrogen (secondary N) is 4. The van der Waals surface area contributed by atoms with Crippen LogP contribution in [0.1, 0.15) is 22.5 Å². The quantitative estimate of drug-likeness (QED) is 0.283. The van der Waals surface area contributed by atoms with Gasteiger partial charge in [-0.15, -0.1) is 0 Å². The molecule has 38 heavy (non-hydrogen) atoms. The Morgan fingerprint density at radius 1 is 1.16 bits per heavy atom. The van der Waals surface area contributed by atoms with Gasteiger partial charge in [0, 0.05) is 23.1 Å². The van der Waals surface area contributed by atoms with Gasteiger partial charge in [-0.1, -0.05) is 18.2 Å². The number of ketones is 1. The van der Waals surface area contributed by atoms with Crippen molar-refractivity contribution in [2.75, 3.05) is 17.2 Å². The first-order chi connectivity index (χ1) is 18.3. The normalized spacial score (nSPS) is 19.1. The second-order valence-corrected chi connectivity index (χ2v) is 11.0. The summed E-state index contributed by atoms with van der Waals surface area (Å²) in [6.07, 6.45) is 3.00. The molecule has 1 aliphatic carbocycles. The number of halogens is 1. The Morgan fingerprint density at radius 2 is 1.95 bits per heavy atom. The first-order valence-corrected chi connectivity index (χ1v) is 13.3. The van der Waals surface area contributed by atoms with Crippen LogP contribution < -0.4 is 10.6 Å². The van der Waals surface area contributed by atoms with Crippen molar-refractivity contribution in [2.45, 2.75) is 24.2 Å². The molecule has 13 heteroatoms. The Morgan fingerprint density at radius 3 is 2.66 bits per heavy atom. The summed E-state index contributed by atoms with van der Waals surface area (Å²) < 4.78 is 40.6. The van der Waals surface area contributed by atoms with Crippen molar-refractivity contribution < 1.29 is 22.4 Å². The van der Waals surface area contributed by atoms with Crippen molar-refractivity contribution in [3.63, 3.8) is 0 Å². The van der Waals surface area contributed by atoms with E-state index in [-0.39, 0.29) is 36.1 Å². The van der Waals surface area contributed by atoms with Gasteiger partial charge in [-0.2, -0.15) is 4.31 Å². The monoisotopic (exact) mass is 535 g/mol. The molecule has 2 atom stereocenters. The van der Waals surface area contributed by atoms with E-state index in [0.29, 0.717) is 28.2 Å². The van der Waals surface area contributed by atoms with Crippen LogP contribution in [0, 0.1) is 5.92 Å². The SMILES string of the molecule is O=C1CN(S(=O)(=O)c2cnc[nH]2)Cc2[nH]c(-c3ccnc(NC(=O)[C@H]4C[C@H]4F)c3)c(Nc3ccccc3)c21. The first kappa shape index (κ1) is 24.0. The van der Waals surface area contributed by atoms with Gasteiger partial charge in [0.15, 0.2) is 10.8 Å². The number of carbonyl (C=O) groups is 2. The molecule has 1 fully saturated rings. The minimum atomic E-state index is -3.98. The molecule has 0 spiro atoms. The van der Waals surface area contributed by atoms with E-state index in [9.17, 15) is 22.4 Å². The Bertz CT molecular complexity index is 1640. The highest BCUT2D eigenvalue weighted by Crippen LogP contribution is 2.39. The molecule has 1 amide bonds. The van der Waals surface area contributed by atoms with E-state index in [0.717, 1.165) is 9.99 Å². The van der Waals surface area contributed by atoms with E-state index < -0.39 is 28.0 Å². The molecule has 11 nitrogen and oxygen atoms in total. The van der Waals surface area contributed by atoms with E-state index >= 15 is 0 Å². The number of sulfonamides is 1. The summed E-state index contributed by atoms with van der Waals surface area (Å²) in [6.45, 7) is -0.418. The van der Waals surface area contributed by atoms with Gasteiger partial charge in [0.2, 0.25) is 5.91 Å². The molecule has 4 N–H and O–H groups in total. The number of aromatic nitrogens is 4. The Kier molecular flexibility index (Phi) is 5.80. The summed E-state index contributed by atoms with van der Waals surface area (Å²) >= 11 is 0. The van der Waals surface area contributed by atoms with Crippen LogP contribution in [0.5, 0.6) is 0 Å². The minimum Gasteiger partial charge on any atom is -0.355 e. The zero-order valence-corrected chi connectivity index (χ0v) is 20.6. The molecule has 1 saturated carbocycles. The van der Waals surface area contributed by atoms with E-state index in [1.165, 1.54) is 18.7 Å². The van der Waals surface area contributed by atoms with E-state index in [2.05, 4.69) is 30.6 Å². The van der Waals surface area contributed by atoms with Crippen LogP contribution in [0.2, 0.25) is 0 Å². The fraction of sp³-hybridized carbons (Fsp3) is 0.200. The predicted octanol–water partition coefficient (Wildman–Crippen LogP) is 3.23. The number of anilines is 3. The molecule has 4 heterocycles. The molecule has 3 aromatic heterocycles. The molecule has 0 unspecified atom stereocenters. The number of alkyl halides is 1. The van der Waals surface area contributed by atoms with Gasteiger partial charge in [0.25, 0.3) is 10.0 Å². The molecular weight excluding hydrogens is 513 g/mol. The van der Waals surface area contributed by atoms with Gasteiger partial charge in [0.05, 0.1) is 48.5 Å². The fourth-order valence-electron chi connectivity index (χ4n) is 4.46. The third-order valence-electron chi connectivity index (χ3n) is 6.49. The molecule has 1 aliphatic heterocycles. The van der Waals surface area contributed by atoms with Crippen LogP contribution in [0.4, 0.5) is 21.6 Å². The largest absolute Gasteiger partial charge is 0.355 e. The van der Waals surface area contributed by atoms with Crippen molar-refractivity contribution in [1.29, 1.82) is 0 Å². The average molecular weight is 536 g/mol. The minimum absolute atomic E-state index is 0.0693. The molecule has 6 rings (SSSR count). The highest BCUT2D eigenvalue weighted by atomic mass is 32.2. The van der Waals surface area contributed by atoms with Crippen molar-refractivity contribution in [1.82, 2.24) is 24.2 Å². The number of para-hydroxylation sites is 1. The lowest BCUT2D eigenvalue weighted by atomic mass is 10.0. The van der Waals surface area contributed by atoms with Gasteiger partial charge in [0.1, 0.15) is 12.0 Å². The van der Waals surface area contributed by atoms with Crippen LogP contribution in [-0.2, 0) is 21.4 Å². The number of hydrogen-bond donors (Lipinski definition) is 4. The van der Waals surface area contributed by atoms with Crippen molar-refractivity contribution in [3.05, 3.63) is 72.4 Å². The first-order valence-electron chi connectivity index (χ1n) is 11.8. The maximum absolute atomic E-state index is 13.4. The predicted molar refractivity (Wildman–Crippen MR) is 136 cm³/mol. The number of H-pyrrole nitrogens is 2. The zero-order valence-electron chi connectivity index (χ0n) is 19.8. The molecule has 194 valence electrons. The number of imidazole rings is 1. The second kappa shape index (κ2) is 9.19. The number of amides is 1. The van der Waals surface area contributed by atoms with Crippen LogP contribution in [0.25, 0.3) is 11.3 Å². The zero-order chi connectivity index (χ0) is 26.4. The molecule has 0 bridgehead atoms. The summed E-state index contributed by atoms with van der Waals surface area (Å²) in [6, 6.07) is 12.5. The van der Waals surface area contributed by atoms with Gasteiger partial charge < -0.3 is 20.6 Å². The molecule has 4 aromatic rings. The molecule has 0 radical (unpaired) electrons. The van der Waals surface area contributed by atoms with Gasteiger partial charge >= 0.3 is 0 Å². The van der Waals surface area contributed by atoms with Crippen LogP contribution in [0.15, 0.2) is 66.2 Å². The van der Waals surface area contributed by atoms with Crippen LogP contribution in [-0.4, -0.2) is 57.1 Å². The summed E-state index contributed by atoms with van der Waals surface area (Å²) in [5.74, 6) is -1.26. The number of rotatable bonds is 7. The van der Waals surface area contributed by atoms with Gasteiger partial charge in [-0.25, -0.2) is 22.8 Å². The number of nitrogens with zero attached hydrogens (tertiary/aromatic N) is 3. The molecule has 1 aromatic carbocycles. The summed E-state index contributed by atoms with van der Waals surface area (Å²) in [4.78, 5) is 39.4. The highest BCUT2D eigenvalue weighted by Gasteiger charge is 2.44. The van der Waals surface area contributed by atoms with Crippen LogP contribution >= 0.6 is 0 Å². The number of hydrogen-bond acceptors (Lipinski definition) is 7. The third kappa shape index (κ3) is 4.35. The Balaban J connectivity index is 1.40. The topological polar surface area (TPSA) is 153 Å². The van der Waals surface area contributed by atoms with Gasteiger partial charge in [-0.3, -0.25) is 9.59 Å². The maximum atomic E-state index is 13.4. The Hall–Kier alpha value is -4.36. The van der Waals surface area contributed by atoms with Crippen LogP contribution in [0.3, 0.4) is 0 Å². The Labute approximate surface area is 216 Å². The maximum Gasteiger partial charge on any atom is 0.260 e. The highest BCUT2D eigenvalue weighted by molar-refractivity contribution is 7.89. The number of fused-ring (bicyclic) bond motifs is 1. The lowest BCUT2D eigenvalue weighted by molar-refractivity contribution is -0.117. The lowest BCUT2D eigenvalue weighted by Crippen LogP contribution is -2.39. The van der Waals surface area contributed by atoms with E-state index in [1.54, 1.807) is 12.1 Å². The van der Waals surface area contributed by atoms with Gasteiger partial charge in [-0.05, 0) is 30.7 Å². The number of aromatic amines is 2. The molecule has 0 saturated heterocycles. The number of carbonyl (C=O) groups excluding carboxylic acids is 2. The number of Topliss-reactive ketones (excluding diaryl/α,β-unsaturated/α-hetero) is 1. The smallest absolute Gasteiger partial charge is 0.260 e. The molecule has 2 aliphatic rings. The number of benzene rings is 1. The third-order valence-corrected chi connectivity index (χ3v) is 8.21. The summed E-state index contributed by atoms with van der Waals surface area (Å²) in [5.41, 5.74) is 3.07. The van der Waals surface area contributed by atoms with Crippen molar-refractivity contribution in [2.24, 2.45) is 5.92 Å².